The lowest BCUT2D eigenvalue weighted by Crippen LogP contribution is -2.38. The molecule has 0 bridgehead atoms. The number of likely N-dealkylation sites (tertiary alicyclic amines) is 1. The van der Waals surface area contributed by atoms with Crippen LogP contribution in [0.4, 0.5) is 0 Å². The van der Waals surface area contributed by atoms with Gasteiger partial charge in [0.2, 0.25) is 0 Å². The first-order chi connectivity index (χ1) is 8.56. The predicted molar refractivity (Wildman–Crippen MR) is 72.0 cm³/mol. The Morgan fingerprint density at radius 2 is 2.39 bits per heavy atom. The lowest BCUT2D eigenvalue weighted by atomic mass is 10.2. The molecule has 1 aliphatic heterocycles. The van der Waals surface area contributed by atoms with Gasteiger partial charge in [-0.15, -0.1) is 0 Å². The first kappa shape index (κ1) is 13.3. The van der Waals surface area contributed by atoms with E-state index in [9.17, 15) is 4.79 Å². The van der Waals surface area contributed by atoms with Crippen LogP contribution < -0.4 is 5.32 Å². The number of hydrogen-bond acceptors (Lipinski definition) is 3. The molecule has 2 heterocycles. The summed E-state index contributed by atoms with van der Waals surface area (Å²) in [5.74, 6) is -0.0808. The van der Waals surface area contributed by atoms with Crippen LogP contribution in [0.5, 0.6) is 0 Å². The highest BCUT2D eigenvalue weighted by Crippen LogP contribution is 2.14. The van der Waals surface area contributed by atoms with Crippen LogP contribution in [-0.4, -0.2) is 42.0 Å². The van der Waals surface area contributed by atoms with Gasteiger partial charge < -0.3 is 10.2 Å². The van der Waals surface area contributed by atoms with E-state index >= 15 is 0 Å². The fourth-order valence-electron chi connectivity index (χ4n) is 2.31. The molecule has 1 aromatic heterocycles. The van der Waals surface area contributed by atoms with Crippen molar-refractivity contribution < 1.29 is 4.79 Å². The number of likely N-dealkylation sites (N-methyl/N-ethyl adjacent to an activating group) is 1. The predicted octanol–water partition coefficient (Wildman–Crippen LogP) is 1.87. The molecule has 4 nitrogen and oxygen atoms in total. The van der Waals surface area contributed by atoms with Gasteiger partial charge in [-0.2, -0.15) is 0 Å². The molecule has 1 atom stereocenters. The molecule has 1 fully saturated rings. The van der Waals surface area contributed by atoms with Crippen molar-refractivity contribution in [2.24, 2.45) is 0 Å². The maximum absolute atomic E-state index is 12.0. The Hall–Kier alpha value is -1.13. The minimum atomic E-state index is -0.0808. The summed E-state index contributed by atoms with van der Waals surface area (Å²) in [7, 11) is 2.09. The summed E-state index contributed by atoms with van der Waals surface area (Å²) in [4.78, 5) is 18.3. The zero-order valence-corrected chi connectivity index (χ0v) is 11.5. The Balaban J connectivity index is 1.95. The van der Waals surface area contributed by atoms with E-state index in [-0.39, 0.29) is 5.91 Å². The van der Waals surface area contributed by atoms with Crippen molar-refractivity contribution in [3.8, 4) is 0 Å². The molecule has 1 unspecified atom stereocenters. The van der Waals surface area contributed by atoms with E-state index in [1.165, 1.54) is 6.42 Å². The van der Waals surface area contributed by atoms with Crippen LogP contribution in [0.2, 0.25) is 5.15 Å². The van der Waals surface area contributed by atoms with Crippen molar-refractivity contribution in [2.75, 3.05) is 20.1 Å². The third-order valence-corrected chi connectivity index (χ3v) is 3.55. The van der Waals surface area contributed by atoms with Gasteiger partial charge in [0.1, 0.15) is 5.15 Å². The van der Waals surface area contributed by atoms with Gasteiger partial charge in [-0.05, 0) is 45.5 Å². The normalized spacial score (nSPS) is 20.1. The fourth-order valence-corrected chi connectivity index (χ4v) is 2.56. The summed E-state index contributed by atoms with van der Waals surface area (Å²) >= 11 is 5.85. The smallest absolute Gasteiger partial charge is 0.251 e. The highest BCUT2D eigenvalue weighted by molar-refractivity contribution is 6.29. The molecule has 0 saturated carbocycles. The van der Waals surface area contributed by atoms with Gasteiger partial charge in [0.15, 0.2) is 0 Å². The number of nitrogens with one attached hydrogen (secondary N) is 1. The molecule has 1 aromatic rings. The van der Waals surface area contributed by atoms with Crippen molar-refractivity contribution in [3.05, 3.63) is 28.5 Å². The zero-order chi connectivity index (χ0) is 13.1. The molecule has 18 heavy (non-hydrogen) atoms. The Bertz CT molecular complexity index is 430. The third-order valence-electron chi connectivity index (χ3n) is 3.35. The third kappa shape index (κ3) is 3.21. The number of carbonyl (C=O) groups is 1. The second kappa shape index (κ2) is 5.67. The van der Waals surface area contributed by atoms with Crippen molar-refractivity contribution >= 4 is 17.5 Å². The SMILES string of the molecule is Cc1cc(C(=O)NCC2CCCN2C)cc(Cl)n1. The average molecular weight is 268 g/mol. The molecule has 5 heteroatoms. The molecular formula is C13H18ClN3O. The summed E-state index contributed by atoms with van der Waals surface area (Å²) in [6, 6.07) is 3.80. The van der Waals surface area contributed by atoms with Crippen LogP contribution in [0.15, 0.2) is 12.1 Å². The van der Waals surface area contributed by atoms with E-state index in [0.29, 0.717) is 23.3 Å². The number of aromatic nitrogens is 1. The van der Waals surface area contributed by atoms with Gasteiger partial charge in [-0.25, -0.2) is 4.98 Å². The quantitative estimate of drug-likeness (QED) is 0.851. The van der Waals surface area contributed by atoms with Crippen molar-refractivity contribution in [2.45, 2.75) is 25.8 Å². The monoisotopic (exact) mass is 267 g/mol. The number of pyridine rings is 1. The second-order valence-electron chi connectivity index (χ2n) is 4.81. The standard InChI is InChI=1S/C13H18ClN3O/c1-9-6-10(7-12(14)16-9)13(18)15-8-11-4-3-5-17(11)2/h6-7,11H,3-5,8H2,1-2H3,(H,15,18). The van der Waals surface area contributed by atoms with Crippen LogP contribution >= 0.6 is 11.6 Å². The molecule has 0 aliphatic carbocycles. The van der Waals surface area contributed by atoms with Gasteiger partial charge in [-0.1, -0.05) is 11.6 Å². The van der Waals surface area contributed by atoms with Crippen molar-refractivity contribution in [3.63, 3.8) is 0 Å². The number of amides is 1. The van der Waals surface area contributed by atoms with Gasteiger partial charge in [0.25, 0.3) is 5.91 Å². The molecule has 2 rings (SSSR count). The van der Waals surface area contributed by atoms with Gasteiger partial charge in [0, 0.05) is 23.8 Å². The Kier molecular flexibility index (Phi) is 4.19. The summed E-state index contributed by atoms with van der Waals surface area (Å²) in [5.41, 5.74) is 1.33. The van der Waals surface area contributed by atoms with Crippen LogP contribution in [0.1, 0.15) is 28.9 Å². The first-order valence-corrected chi connectivity index (χ1v) is 6.56. The topological polar surface area (TPSA) is 45.2 Å². The molecular weight excluding hydrogens is 250 g/mol. The van der Waals surface area contributed by atoms with E-state index in [4.69, 9.17) is 11.6 Å². The second-order valence-corrected chi connectivity index (χ2v) is 5.19. The van der Waals surface area contributed by atoms with Crippen LogP contribution in [0.3, 0.4) is 0 Å². The van der Waals surface area contributed by atoms with E-state index in [0.717, 1.165) is 18.7 Å². The largest absolute Gasteiger partial charge is 0.350 e. The summed E-state index contributed by atoms with van der Waals surface area (Å²) in [6.07, 6.45) is 2.35. The molecule has 98 valence electrons. The summed E-state index contributed by atoms with van der Waals surface area (Å²) in [6.45, 7) is 3.63. The minimum absolute atomic E-state index is 0.0808. The lowest BCUT2D eigenvalue weighted by molar-refractivity contribution is 0.0943. The number of aryl methyl sites for hydroxylation is 1. The van der Waals surface area contributed by atoms with E-state index in [1.54, 1.807) is 12.1 Å². The molecule has 0 spiro atoms. The molecule has 1 aliphatic rings. The summed E-state index contributed by atoms with van der Waals surface area (Å²) in [5, 5.41) is 3.32. The maximum Gasteiger partial charge on any atom is 0.251 e. The van der Waals surface area contributed by atoms with Gasteiger partial charge in [0.05, 0.1) is 0 Å². The molecule has 0 aromatic carbocycles. The average Bonchev–Trinajstić information content (AvgIpc) is 2.70. The highest BCUT2D eigenvalue weighted by Gasteiger charge is 2.21. The Morgan fingerprint density at radius 3 is 3.00 bits per heavy atom. The highest BCUT2D eigenvalue weighted by atomic mass is 35.5. The lowest BCUT2D eigenvalue weighted by Gasteiger charge is -2.19. The number of halogens is 1. The number of carbonyl (C=O) groups excluding carboxylic acids is 1. The first-order valence-electron chi connectivity index (χ1n) is 6.19. The zero-order valence-electron chi connectivity index (χ0n) is 10.7. The van der Waals surface area contributed by atoms with Crippen molar-refractivity contribution in [1.82, 2.24) is 15.2 Å². The van der Waals surface area contributed by atoms with E-state index in [2.05, 4.69) is 22.2 Å². The maximum atomic E-state index is 12.0. The Morgan fingerprint density at radius 1 is 1.61 bits per heavy atom. The van der Waals surface area contributed by atoms with Crippen LogP contribution in [0.25, 0.3) is 0 Å². The van der Waals surface area contributed by atoms with E-state index in [1.807, 2.05) is 6.92 Å². The van der Waals surface area contributed by atoms with Crippen molar-refractivity contribution in [1.29, 1.82) is 0 Å². The molecule has 1 saturated heterocycles. The summed E-state index contributed by atoms with van der Waals surface area (Å²) < 4.78 is 0. The molecule has 1 amide bonds. The van der Waals surface area contributed by atoms with Crippen LogP contribution in [0, 0.1) is 6.92 Å². The number of nitrogens with zero attached hydrogens (tertiary/aromatic N) is 2. The van der Waals surface area contributed by atoms with Gasteiger partial charge in [-0.3, -0.25) is 4.79 Å². The van der Waals surface area contributed by atoms with E-state index < -0.39 is 0 Å². The molecule has 0 radical (unpaired) electrons. The number of rotatable bonds is 3. The van der Waals surface area contributed by atoms with Gasteiger partial charge >= 0.3 is 0 Å². The number of hydrogen-bond donors (Lipinski definition) is 1. The molecule has 1 N–H and O–H groups in total. The van der Waals surface area contributed by atoms with Crippen LogP contribution in [-0.2, 0) is 0 Å². The Labute approximate surface area is 112 Å². The minimum Gasteiger partial charge on any atom is -0.350 e. The fraction of sp³-hybridized carbons (Fsp3) is 0.538.